The number of carbonyl (C=O) groups excluding carboxylic acids is 1. The van der Waals surface area contributed by atoms with E-state index in [1.807, 2.05) is 13.8 Å². The van der Waals surface area contributed by atoms with Crippen LogP contribution in [0, 0.1) is 5.92 Å². The molecule has 0 aliphatic heterocycles. The van der Waals surface area contributed by atoms with Crippen molar-refractivity contribution in [3.05, 3.63) is 0 Å². The van der Waals surface area contributed by atoms with Crippen LogP contribution in [-0.4, -0.2) is 17.5 Å². The van der Waals surface area contributed by atoms with Crippen LogP contribution in [0.25, 0.3) is 0 Å². The minimum atomic E-state index is 0. The molecular weight excluding hydrogens is 164 g/mol. The smallest absolute Gasteiger partial charge is 0.135 e. The number of carbonyl (C=O) groups is 1. The zero-order chi connectivity index (χ0) is 7.98. The Hall–Kier alpha value is -0.370. The first kappa shape index (κ1) is 22.9. The molecule has 0 rings (SSSR count). The Morgan fingerprint density at radius 3 is 2.08 bits per heavy atom. The Morgan fingerprint density at radius 2 is 1.77 bits per heavy atom. The van der Waals surface area contributed by atoms with Crippen LogP contribution in [-0.2, 0) is 4.79 Å². The van der Waals surface area contributed by atoms with E-state index in [2.05, 4.69) is 0 Å². The standard InChI is InChI=1S/C8H16O2.3CH4/c1-3-7(2)8(10)5-4-6-9;;;/h7,9H,3-6H2,1-2H3;3*1H4. The topological polar surface area (TPSA) is 37.3 Å². The molecular formula is C11H28O2. The number of ketones is 1. The highest BCUT2D eigenvalue weighted by Gasteiger charge is 2.08. The second-order valence-electron chi connectivity index (χ2n) is 2.60. The predicted molar refractivity (Wildman–Crippen MR) is 61.0 cm³/mol. The lowest BCUT2D eigenvalue weighted by atomic mass is 10.0. The van der Waals surface area contributed by atoms with Gasteiger partial charge in [-0.3, -0.25) is 4.79 Å². The van der Waals surface area contributed by atoms with Gasteiger partial charge in [0.1, 0.15) is 5.78 Å². The number of aliphatic hydroxyl groups is 1. The third kappa shape index (κ3) is 11.6. The summed E-state index contributed by atoms with van der Waals surface area (Å²) in [4.78, 5) is 11.0. The van der Waals surface area contributed by atoms with Crippen LogP contribution in [0.4, 0.5) is 0 Å². The summed E-state index contributed by atoms with van der Waals surface area (Å²) < 4.78 is 0. The summed E-state index contributed by atoms with van der Waals surface area (Å²) in [6, 6.07) is 0. The van der Waals surface area contributed by atoms with Crippen molar-refractivity contribution in [2.24, 2.45) is 5.92 Å². The molecule has 0 spiro atoms. The minimum absolute atomic E-state index is 0. The van der Waals surface area contributed by atoms with Crippen LogP contribution in [0.1, 0.15) is 55.4 Å². The van der Waals surface area contributed by atoms with E-state index in [0.717, 1.165) is 6.42 Å². The Bertz CT molecular complexity index is 100. The van der Waals surface area contributed by atoms with Crippen LogP contribution < -0.4 is 0 Å². The molecule has 0 aliphatic carbocycles. The Labute approximate surface area is 84.4 Å². The van der Waals surface area contributed by atoms with Crippen molar-refractivity contribution < 1.29 is 9.90 Å². The third-order valence-corrected chi connectivity index (χ3v) is 1.74. The molecule has 0 bridgehead atoms. The molecule has 1 unspecified atom stereocenters. The van der Waals surface area contributed by atoms with E-state index < -0.39 is 0 Å². The van der Waals surface area contributed by atoms with Crippen LogP contribution in [0.15, 0.2) is 0 Å². The van der Waals surface area contributed by atoms with Crippen LogP contribution >= 0.6 is 0 Å². The summed E-state index contributed by atoms with van der Waals surface area (Å²) in [5.74, 6) is 0.447. The van der Waals surface area contributed by atoms with Crippen molar-refractivity contribution in [3.8, 4) is 0 Å². The van der Waals surface area contributed by atoms with Crippen molar-refractivity contribution in [2.75, 3.05) is 6.61 Å². The van der Waals surface area contributed by atoms with Gasteiger partial charge in [-0.05, 0) is 12.8 Å². The maximum atomic E-state index is 11.0. The van der Waals surface area contributed by atoms with Crippen molar-refractivity contribution >= 4 is 5.78 Å². The SMILES string of the molecule is C.C.C.CCC(C)C(=O)CCCO. The summed E-state index contributed by atoms with van der Waals surface area (Å²) in [6.45, 7) is 4.06. The molecule has 84 valence electrons. The molecule has 0 aromatic carbocycles. The van der Waals surface area contributed by atoms with Crippen molar-refractivity contribution in [1.29, 1.82) is 0 Å². The minimum Gasteiger partial charge on any atom is -0.396 e. The monoisotopic (exact) mass is 192 g/mol. The lowest BCUT2D eigenvalue weighted by molar-refractivity contribution is -0.122. The first-order chi connectivity index (χ1) is 4.72. The molecule has 2 nitrogen and oxygen atoms in total. The highest BCUT2D eigenvalue weighted by atomic mass is 16.3. The fourth-order valence-electron chi connectivity index (χ4n) is 0.727. The Morgan fingerprint density at radius 1 is 1.31 bits per heavy atom. The number of hydrogen-bond donors (Lipinski definition) is 1. The average Bonchev–Trinajstić information content (AvgIpc) is 1.98. The Balaban J connectivity index is -0.000000135. The average molecular weight is 192 g/mol. The molecule has 0 aliphatic rings. The zero-order valence-corrected chi connectivity index (χ0v) is 6.76. The van der Waals surface area contributed by atoms with Gasteiger partial charge in [-0.15, -0.1) is 0 Å². The van der Waals surface area contributed by atoms with Gasteiger partial charge in [0.05, 0.1) is 0 Å². The van der Waals surface area contributed by atoms with Gasteiger partial charge in [0, 0.05) is 18.9 Å². The second kappa shape index (κ2) is 14.2. The van der Waals surface area contributed by atoms with Crippen LogP contribution in [0.5, 0.6) is 0 Å². The molecule has 0 amide bonds. The lowest BCUT2D eigenvalue weighted by Gasteiger charge is -2.04. The molecule has 13 heavy (non-hydrogen) atoms. The molecule has 0 saturated heterocycles. The highest BCUT2D eigenvalue weighted by Crippen LogP contribution is 2.06. The quantitative estimate of drug-likeness (QED) is 0.725. The second-order valence-corrected chi connectivity index (χ2v) is 2.60. The Kier molecular flexibility index (Phi) is 25.0. The van der Waals surface area contributed by atoms with Gasteiger partial charge in [-0.2, -0.15) is 0 Å². The summed E-state index contributed by atoms with van der Waals surface area (Å²) in [7, 11) is 0. The number of Topliss-reactive ketones (excluding diaryl/α,β-unsaturated/α-hetero) is 1. The number of rotatable bonds is 5. The van der Waals surface area contributed by atoms with Crippen molar-refractivity contribution in [1.82, 2.24) is 0 Å². The number of aliphatic hydroxyl groups excluding tert-OH is 1. The summed E-state index contributed by atoms with van der Waals surface area (Å²) in [5, 5.41) is 8.42. The van der Waals surface area contributed by atoms with E-state index in [1.165, 1.54) is 0 Å². The molecule has 0 radical (unpaired) electrons. The van der Waals surface area contributed by atoms with Gasteiger partial charge in [-0.25, -0.2) is 0 Å². The predicted octanol–water partition coefficient (Wildman–Crippen LogP) is 3.28. The van der Waals surface area contributed by atoms with Gasteiger partial charge < -0.3 is 5.11 Å². The van der Waals surface area contributed by atoms with Gasteiger partial charge in [0.15, 0.2) is 0 Å². The summed E-state index contributed by atoms with van der Waals surface area (Å²) in [6.07, 6.45) is 2.05. The molecule has 0 saturated carbocycles. The van der Waals surface area contributed by atoms with Crippen LogP contribution in [0.2, 0.25) is 0 Å². The van der Waals surface area contributed by atoms with Crippen molar-refractivity contribution in [2.45, 2.75) is 55.4 Å². The molecule has 1 N–H and O–H groups in total. The highest BCUT2D eigenvalue weighted by molar-refractivity contribution is 5.80. The van der Waals surface area contributed by atoms with Gasteiger partial charge in [0.25, 0.3) is 0 Å². The lowest BCUT2D eigenvalue weighted by Crippen LogP contribution is -2.09. The summed E-state index contributed by atoms with van der Waals surface area (Å²) >= 11 is 0. The molecule has 0 aromatic heterocycles. The zero-order valence-electron chi connectivity index (χ0n) is 6.76. The van der Waals surface area contributed by atoms with E-state index in [4.69, 9.17) is 5.11 Å². The van der Waals surface area contributed by atoms with E-state index >= 15 is 0 Å². The first-order valence-corrected chi connectivity index (χ1v) is 3.86. The normalized spacial score (nSPS) is 10.1. The van der Waals surface area contributed by atoms with Gasteiger partial charge >= 0.3 is 0 Å². The molecule has 2 heteroatoms. The van der Waals surface area contributed by atoms with E-state index in [0.29, 0.717) is 12.8 Å². The number of hydrogen-bond acceptors (Lipinski definition) is 2. The summed E-state index contributed by atoms with van der Waals surface area (Å²) in [5.41, 5.74) is 0. The fourth-order valence-corrected chi connectivity index (χ4v) is 0.727. The van der Waals surface area contributed by atoms with E-state index in [9.17, 15) is 4.79 Å². The van der Waals surface area contributed by atoms with E-state index in [1.54, 1.807) is 0 Å². The van der Waals surface area contributed by atoms with Gasteiger partial charge in [0.2, 0.25) is 0 Å². The fraction of sp³-hybridized carbons (Fsp3) is 0.909. The van der Waals surface area contributed by atoms with E-state index in [-0.39, 0.29) is 40.6 Å². The third-order valence-electron chi connectivity index (χ3n) is 1.74. The maximum absolute atomic E-state index is 11.0. The maximum Gasteiger partial charge on any atom is 0.135 e. The van der Waals surface area contributed by atoms with Gasteiger partial charge in [-0.1, -0.05) is 36.1 Å². The molecule has 1 atom stereocenters. The molecule has 0 aromatic rings. The molecule has 0 heterocycles. The van der Waals surface area contributed by atoms with Crippen LogP contribution in [0.3, 0.4) is 0 Å². The first-order valence-electron chi connectivity index (χ1n) is 3.86. The molecule has 0 fully saturated rings. The van der Waals surface area contributed by atoms with Crippen molar-refractivity contribution in [3.63, 3.8) is 0 Å². The largest absolute Gasteiger partial charge is 0.396 e.